The molecule has 0 amide bonds. The van der Waals surface area contributed by atoms with Crippen LogP contribution in [0.2, 0.25) is 0 Å². The van der Waals surface area contributed by atoms with Gasteiger partial charge in [-0.3, -0.25) is 4.99 Å². The van der Waals surface area contributed by atoms with Gasteiger partial charge in [-0.1, -0.05) is 25.1 Å². The van der Waals surface area contributed by atoms with Crippen molar-refractivity contribution in [3.63, 3.8) is 0 Å². The molecule has 4 rings (SSSR count). The van der Waals surface area contributed by atoms with Gasteiger partial charge in [0.1, 0.15) is 11.7 Å². The van der Waals surface area contributed by atoms with E-state index in [1.165, 1.54) is 18.2 Å². The first-order valence-corrected chi connectivity index (χ1v) is 9.19. The summed E-state index contributed by atoms with van der Waals surface area (Å²) in [4.78, 5) is 17.5. The zero-order chi connectivity index (χ0) is 20.6. The highest BCUT2D eigenvalue weighted by atomic mass is 19.4. The number of halogens is 3. The third-order valence-corrected chi connectivity index (χ3v) is 4.76. The molecule has 1 aliphatic heterocycles. The normalized spacial score (nSPS) is 16.7. The Balaban J connectivity index is 1.85. The van der Waals surface area contributed by atoms with Crippen LogP contribution < -0.4 is 5.32 Å². The van der Waals surface area contributed by atoms with Gasteiger partial charge in [0.2, 0.25) is 0 Å². The summed E-state index contributed by atoms with van der Waals surface area (Å²) in [5.74, 6) is 0.945. The molecule has 2 aromatic heterocycles. The van der Waals surface area contributed by atoms with Crippen LogP contribution in [-0.2, 0) is 6.18 Å². The molecule has 0 radical (unpaired) electrons. The molecule has 0 bridgehead atoms. The van der Waals surface area contributed by atoms with Crippen LogP contribution >= 0.6 is 0 Å². The van der Waals surface area contributed by atoms with E-state index in [2.05, 4.69) is 25.3 Å². The first-order chi connectivity index (χ1) is 13.9. The minimum absolute atomic E-state index is 0.0436. The number of benzene rings is 1. The first-order valence-electron chi connectivity index (χ1n) is 9.19. The lowest BCUT2D eigenvalue weighted by Gasteiger charge is -2.14. The van der Waals surface area contributed by atoms with Gasteiger partial charge in [-0.15, -0.1) is 0 Å². The van der Waals surface area contributed by atoms with Crippen molar-refractivity contribution >= 4 is 22.7 Å². The molecule has 1 atom stereocenters. The summed E-state index contributed by atoms with van der Waals surface area (Å²) in [6, 6.07) is 8.85. The molecule has 3 aromatic rings. The number of fused-ring (bicyclic) bond motifs is 1. The fourth-order valence-electron chi connectivity index (χ4n) is 3.33. The molecule has 0 saturated carbocycles. The zero-order valence-corrected chi connectivity index (χ0v) is 15.8. The number of amidine groups is 1. The second-order valence-electron chi connectivity index (χ2n) is 6.77. The Bertz CT molecular complexity index is 1130. The van der Waals surface area contributed by atoms with Crippen molar-refractivity contribution < 1.29 is 13.2 Å². The van der Waals surface area contributed by atoms with E-state index in [9.17, 15) is 13.2 Å². The van der Waals surface area contributed by atoms with Crippen LogP contribution in [0.15, 0.2) is 59.2 Å². The summed E-state index contributed by atoms with van der Waals surface area (Å²) in [7, 11) is 0. The second kappa shape index (κ2) is 7.27. The Morgan fingerprint density at radius 3 is 2.59 bits per heavy atom. The van der Waals surface area contributed by atoms with Gasteiger partial charge in [0.25, 0.3) is 0 Å². The molecular formula is C21H18F3N5. The van der Waals surface area contributed by atoms with E-state index in [1.807, 2.05) is 19.9 Å². The lowest BCUT2D eigenvalue weighted by Crippen LogP contribution is -2.12. The first kappa shape index (κ1) is 19.0. The van der Waals surface area contributed by atoms with E-state index in [-0.39, 0.29) is 17.4 Å². The maximum atomic E-state index is 13.5. The van der Waals surface area contributed by atoms with E-state index in [1.54, 1.807) is 18.3 Å². The van der Waals surface area contributed by atoms with Gasteiger partial charge in [-0.05, 0) is 43.2 Å². The molecule has 148 valence electrons. The quantitative estimate of drug-likeness (QED) is 0.655. The van der Waals surface area contributed by atoms with Crippen LogP contribution in [0.1, 0.15) is 25.8 Å². The molecule has 0 saturated heterocycles. The minimum atomic E-state index is -4.52. The van der Waals surface area contributed by atoms with Gasteiger partial charge >= 0.3 is 6.18 Å². The van der Waals surface area contributed by atoms with Crippen molar-refractivity contribution in [1.82, 2.24) is 15.0 Å². The number of aliphatic imine (C=N–C) groups is 1. The third-order valence-electron chi connectivity index (χ3n) is 4.76. The maximum Gasteiger partial charge on any atom is 0.417 e. The Labute approximate surface area is 165 Å². The van der Waals surface area contributed by atoms with Crippen LogP contribution in [0.5, 0.6) is 0 Å². The van der Waals surface area contributed by atoms with Gasteiger partial charge in [0.15, 0.2) is 11.5 Å². The average Bonchev–Trinajstić information content (AvgIpc) is 3.06. The van der Waals surface area contributed by atoms with Gasteiger partial charge in [-0.2, -0.15) is 13.2 Å². The van der Waals surface area contributed by atoms with Crippen molar-refractivity contribution in [2.75, 3.05) is 5.32 Å². The van der Waals surface area contributed by atoms with Crippen LogP contribution in [0.4, 0.5) is 19.0 Å². The van der Waals surface area contributed by atoms with E-state index >= 15 is 0 Å². The standard InChI is InChI=1S/C21H18F3N5/c1-3-16-12(2)11-17(26-16)27-20-14-8-6-10-25-18(14)28-19(29-20)13-7-4-5-9-15(13)21(22,23)24/h4-11,16H,3H2,1-2H3,(H,25,26,27,28,29). The Morgan fingerprint density at radius 1 is 1.07 bits per heavy atom. The van der Waals surface area contributed by atoms with Crippen LogP contribution in [-0.4, -0.2) is 26.8 Å². The summed E-state index contributed by atoms with van der Waals surface area (Å²) in [5, 5.41) is 3.75. The van der Waals surface area contributed by atoms with Crippen LogP contribution in [0.3, 0.4) is 0 Å². The minimum Gasteiger partial charge on any atom is -0.325 e. The van der Waals surface area contributed by atoms with E-state index in [0.29, 0.717) is 22.7 Å². The Morgan fingerprint density at radius 2 is 1.86 bits per heavy atom. The third kappa shape index (κ3) is 3.70. The highest BCUT2D eigenvalue weighted by Gasteiger charge is 2.34. The number of nitrogens with zero attached hydrogens (tertiary/aromatic N) is 4. The van der Waals surface area contributed by atoms with Crippen LogP contribution in [0.25, 0.3) is 22.4 Å². The van der Waals surface area contributed by atoms with Crippen molar-refractivity contribution in [2.24, 2.45) is 4.99 Å². The maximum absolute atomic E-state index is 13.5. The SMILES string of the molecule is CCC1N=C(Nc2nc(-c3ccccc3C(F)(F)F)nc3ncccc23)C=C1C. The zero-order valence-electron chi connectivity index (χ0n) is 15.8. The van der Waals surface area contributed by atoms with Gasteiger partial charge in [0.05, 0.1) is 17.0 Å². The number of aromatic nitrogens is 3. The summed E-state index contributed by atoms with van der Waals surface area (Å²) < 4.78 is 40.5. The molecule has 5 nitrogen and oxygen atoms in total. The van der Waals surface area contributed by atoms with E-state index < -0.39 is 11.7 Å². The lowest BCUT2D eigenvalue weighted by molar-refractivity contribution is -0.137. The summed E-state index contributed by atoms with van der Waals surface area (Å²) in [6.45, 7) is 4.04. The molecule has 29 heavy (non-hydrogen) atoms. The van der Waals surface area contributed by atoms with Crippen LogP contribution in [0, 0.1) is 0 Å². The van der Waals surface area contributed by atoms with Crippen molar-refractivity contribution in [3.8, 4) is 11.4 Å². The highest BCUT2D eigenvalue weighted by Crippen LogP contribution is 2.36. The summed E-state index contributed by atoms with van der Waals surface area (Å²) >= 11 is 0. The molecule has 3 heterocycles. The van der Waals surface area contributed by atoms with Crippen molar-refractivity contribution in [3.05, 3.63) is 59.8 Å². The fourth-order valence-corrected chi connectivity index (χ4v) is 3.33. The molecule has 1 aliphatic rings. The topological polar surface area (TPSA) is 63.1 Å². The summed E-state index contributed by atoms with van der Waals surface area (Å²) in [6.07, 6.45) is -0.190. The fraction of sp³-hybridized carbons (Fsp3) is 0.238. The molecule has 1 aromatic carbocycles. The number of anilines is 1. The number of alkyl halides is 3. The molecule has 1 N–H and O–H groups in total. The molecular weight excluding hydrogens is 379 g/mol. The van der Waals surface area contributed by atoms with Gasteiger partial charge in [-0.25, -0.2) is 15.0 Å². The second-order valence-corrected chi connectivity index (χ2v) is 6.77. The number of hydrogen-bond donors (Lipinski definition) is 1. The molecule has 0 aliphatic carbocycles. The lowest BCUT2D eigenvalue weighted by atomic mass is 10.1. The molecule has 8 heteroatoms. The Kier molecular flexibility index (Phi) is 4.77. The molecule has 0 spiro atoms. The number of hydrogen-bond acceptors (Lipinski definition) is 5. The monoisotopic (exact) mass is 397 g/mol. The molecule has 0 fully saturated rings. The van der Waals surface area contributed by atoms with E-state index in [4.69, 9.17) is 0 Å². The van der Waals surface area contributed by atoms with Gasteiger partial charge in [0, 0.05) is 11.8 Å². The van der Waals surface area contributed by atoms with E-state index in [0.717, 1.165) is 18.1 Å². The highest BCUT2D eigenvalue weighted by molar-refractivity contribution is 6.09. The smallest absolute Gasteiger partial charge is 0.325 e. The Hall–Kier alpha value is -3.29. The predicted molar refractivity (Wildman–Crippen MR) is 107 cm³/mol. The number of pyridine rings is 1. The average molecular weight is 397 g/mol. The predicted octanol–water partition coefficient (Wildman–Crippen LogP) is 5.26. The summed E-state index contributed by atoms with van der Waals surface area (Å²) in [5.41, 5.74) is 0.542. The largest absolute Gasteiger partial charge is 0.417 e. The molecule has 1 unspecified atom stereocenters. The number of rotatable bonds is 3. The van der Waals surface area contributed by atoms with Gasteiger partial charge < -0.3 is 5.32 Å². The van der Waals surface area contributed by atoms with Crippen molar-refractivity contribution in [2.45, 2.75) is 32.5 Å². The van der Waals surface area contributed by atoms with Crippen molar-refractivity contribution in [1.29, 1.82) is 0 Å². The number of nitrogens with one attached hydrogen (secondary N) is 1.